The van der Waals surface area contributed by atoms with Gasteiger partial charge >= 0.3 is 0 Å². The van der Waals surface area contributed by atoms with Crippen LogP contribution in [0.5, 0.6) is 0 Å². The summed E-state index contributed by atoms with van der Waals surface area (Å²) < 4.78 is 0. The van der Waals surface area contributed by atoms with Gasteiger partial charge in [0.2, 0.25) is 0 Å². The van der Waals surface area contributed by atoms with E-state index in [0.717, 1.165) is 24.2 Å². The van der Waals surface area contributed by atoms with Crippen LogP contribution in [0.25, 0.3) is 0 Å². The number of carbonyl (C=O) groups is 1. The number of benzene rings is 1. The molecule has 2 nitrogen and oxygen atoms in total. The van der Waals surface area contributed by atoms with Crippen LogP contribution < -0.4 is 0 Å². The summed E-state index contributed by atoms with van der Waals surface area (Å²) in [6.45, 7) is 8.65. The second-order valence-electron chi connectivity index (χ2n) is 5.98. The number of rotatable bonds is 5. The molecule has 1 aromatic carbocycles. The van der Waals surface area contributed by atoms with Crippen molar-refractivity contribution in [2.45, 2.75) is 46.1 Å². The maximum absolute atomic E-state index is 12.3. The van der Waals surface area contributed by atoms with Crippen molar-refractivity contribution in [3.63, 3.8) is 0 Å². The zero-order chi connectivity index (χ0) is 13.8. The van der Waals surface area contributed by atoms with Crippen LogP contribution in [0.15, 0.2) is 24.3 Å². The van der Waals surface area contributed by atoms with Crippen LogP contribution in [0, 0.1) is 12.8 Å². The molecule has 1 atom stereocenters. The SMILES string of the molecule is Cc1ccccc1C(=O)CCN1CCCC1C(C)C. The summed E-state index contributed by atoms with van der Waals surface area (Å²) in [5.41, 5.74) is 1.98. The van der Waals surface area contributed by atoms with Crippen LogP contribution in [0.4, 0.5) is 0 Å². The Labute approximate surface area is 116 Å². The molecule has 0 aliphatic carbocycles. The molecule has 1 fully saturated rings. The molecule has 1 heterocycles. The van der Waals surface area contributed by atoms with Gasteiger partial charge in [0.15, 0.2) is 5.78 Å². The van der Waals surface area contributed by atoms with Crippen molar-refractivity contribution in [3.05, 3.63) is 35.4 Å². The fourth-order valence-corrected chi connectivity index (χ4v) is 3.15. The largest absolute Gasteiger partial charge is 0.300 e. The first-order valence-corrected chi connectivity index (χ1v) is 7.42. The Kier molecular flexibility index (Phi) is 4.76. The number of hydrogen-bond acceptors (Lipinski definition) is 2. The zero-order valence-electron chi connectivity index (χ0n) is 12.4. The minimum Gasteiger partial charge on any atom is -0.300 e. The first kappa shape index (κ1) is 14.3. The highest BCUT2D eigenvalue weighted by Crippen LogP contribution is 2.24. The lowest BCUT2D eigenvalue weighted by Crippen LogP contribution is -2.35. The molecular formula is C17H25NO. The van der Waals surface area contributed by atoms with E-state index in [0.29, 0.717) is 18.4 Å². The lowest BCUT2D eigenvalue weighted by atomic mass is 10.0. The van der Waals surface area contributed by atoms with Gasteiger partial charge in [0, 0.05) is 24.6 Å². The Morgan fingerprint density at radius 1 is 1.37 bits per heavy atom. The van der Waals surface area contributed by atoms with Crippen molar-refractivity contribution in [2.75, 3.05) is 13.1 Å². The van der Waals surface area contributed by atoms with Crippen LogP contribution in [-0.4, -0.2) is 29.8 Å². The van der Waals surface area contributed by atoms with Crippen molar-refractivity contribution in [3.8, 4) is 0 Å². The van der Waals surface area contributed by atoms with Gasteiger partial charge in [-0.1, -0.05) is 38.1 Å². The molecule has 1 unspecified atom stereocenters. The maximum atomic E-state index is 12.3. The molecule has 0 spiro atoms. The summed E-state index contributed by atoms with van der Waals surface area (Å²) >= 11 is 0. The predicted octanol–water partition coefficient (Wildman–Crippen LogP) is 3.69. The highest BCUT2D eigenvalue weighted by Gasteiger charge is 2.27. The zero-order valence-corrected chi connectivity index (χ0v) is 12.4. The lowest BCUT2D eigenvalue weighted by molar-refractivity contribution is 0.0953. The fraction of sp³-hybridized carbons (Fsp3) is 0.588. The fourth-order valence-electron chi connectivity index (χ4n) is 3.15. The molecule has 2 rings (SSSR count). The molecule has 0 N–H and O–H groups in total. The smallest absolute Gasteiger partial charge is 0.164 e. The summed E-state index contributed by atoms with van der Waals surface area (Å²) in [4.78, 5) is 14.8. The predicted molar refractivity (Wildman–Crippen MR) is 79.6 cm³/mol. The molecular weight excluding hydrogens is 234 g/mol. The Balaban J connectivity index is 1.92. The van der Waals surface area contributed by atoms with Gasteiger partial charge in [-0.25, -0.2) is 0 Å². The number of carbonyl (C=O) groups excluding carboxylic acids is 1. The lowest BCUT2D eigenvalue weighted by Gasteiger charge is -2.27. The third kappa shape index (κ3) is 3.44. The molecule has 104 valence electrons. The van der Waals surface area contributed by atoms with Crippen LogP contribution in [0.2, 0.25) is 0 Å². The number of hydrogen-bond donors (Lipinski definition) is 0. The van der Waals surface area contributed by atoms with E-state index in [2.05, 4.69) is 18.7 Å². The third-order valence-corrected chi connectivity index (χ3v) is 4.26. The van der Waals surface area contributed by atoms with Crippen LogP contribution >= 0.6 is 0 Å². The van der Waals surface area contributed by atoms with Gasteiger partial charge in [-0.15, -0.1) is 0 Å². The second-order valence-corrected chi connectivity index (χ2v) is 5.98. The highest BCUT2D eigenvalue weighted by atomic mass is 16.1. The quantitative estimate of drug-likeness (QED) is 0.752. The first-order chi connectivity index (χ1) is 9.09. The maximum Gasteiger partial charge on any atom is 0.164 e. The van der Waals surface area contributed by atoms with E-state index < -0.39 is 0 Å². The van der Waals surface area contributed by atoms with Gasteiger partial charge in [0.1, 0.15) is 0 Å². The summed E-state index contributed by atoms with van der Waals surface area (Å²) in [6, 6.07) is 8.57. The Morgan fingerprint density at radius 3 is 2.79 bits per heavy atom. The van der Waals surface area contributed by atoms with Crippen LogP contribution in [-0.2, 0) is 0 Å². The van der Waals surface area contributed by atoms with E-state index in [1.165, 1.54) is 12.8 Å². The Hall–Kier alpha value is -1.15. The molecule has 1 saturated heterocycles. The summed E-state index contributed by atoms with van der Waals surface area (Å²) in [6.07, 6.45) is 3.21. The minimum atomic E-state index is 0.285. The molecule has 0 saturated carbocycles. The summed E-state index contributed by atoms with van der Waals surface area (Å²) in [7, 11) is 0. The van der Waals surface area contributed by atoms with E-state index in [9.17, 15) is 4.79 Å². The van der Waals surface area contributed by atoms with Gasteiger partial charge < -0.3 is 0 Å². The molecule has 1 aliphatic heterocycles. The van der Waals surface area contributed by atoms with Crippen LogP contribution in [0.3, 0.4) is 0 Å². The van der Waals surface area contributed by atoms with E-state index >= 15 is 0 Å². The second kappa shape index (κ2) is 6.33. The minimum absolute atomic E-state index is 0.285. The summed E-state index contributed by atoms with van der Waals surface area (Å²) in [5.74, 6) is 0.976. The molecule has 0 bridgehead atoms. The molecule has 19 heavy (non-hydrogen) atoms. The monoisotopic (exact) mass is 259 g/mol. The molecule has 1 aliphatic rings. The molecule has 1 aromatic rings. The number of aryl methyl sites for hydroxylation is 1. The van der Waals surface area contributed by atoms with Crippen molar-refractivity contribution >= 4 is 5.78 Å². The average molecular weight is 259 g/mol. The van der Waals surface area contributed by atoms with Gasteiger partial charge in [-0.3, -0.25) is 9.69 Å². The summed E-state index contributed by atoms with van der Waals surface area (Å²) in [5, 5.41) is 0. The van der Waals surface area contributed by atoms with Crippen molar-refractivity contribution in [1.29, 1.82) is 0 Å². The molecule has 0 amide bonds. The average Bonchev–Trinajstić information content (AvgIpc) is 2.85. The normalized spacial score (nSPS) is 20.1. The van der Waals surface area contributed by atoms with E-state index in [1.807, 2.05) is 31.2 Å². The number of likely N-dealkylation sites (tertiary alicyclic amines) is 1. The van der Waals surface area contributed by atoms with Crippen molar-refractivity contribution in [2.24, 2.45) is 5.92 Å². The van der Waals surface area contributed by atoms with Crippen LogP contribution in [0.1, 0.15) is 49.0 Å². The molecule has 0 aromatic heterocycles. The number of nitrogens with zero attached hydrogens (tertiary/aromatic N) is 1. The van der Waals surface area contributed by atoms with E-state index in [-0.39, 0.29) is 5.78 Å². The standard InChI is InChI=1S/C17H25NO/c1-13(2)16-9-6-11-18(16)12-10-17(19)15-8-5-4-7-14(15)3/h4-5,7-8,13,16H,6,9-12H2,1-3H3. The number of ketones is 1. The van der Waals surface area contributed by atoms with E-state index in [4.69, 9.17) is 0 Å². The van der Waals surface area contributed by atoms with Gasteiger partial charge in [0.25, 0.3) is 0 Å². The van der Waals surface area contributed by atoms with Crippen molar-refractivity contribution in [1.82, 2.24) is 4.90 Å². The number of Topliss-reactive ketones (excluding diaryl/α,β-unsaturated/α-hetero) is 1. The molecule has 0 radical (unpaired) electrons. The van der Waals surface area contributed by atoms with Gasteiger partial charge in [-0.2, -0.15) is 0 Å². The molecule has 2 heteroatoms. The van der Waals surface area contributed by atoms with Gasteiger partial charge in [-0.05, 0) is 37.8 Å². The highest BCUT2D eigenvalue weighted by molar-refractivity contribution is 5.97. The van der Waals surface area contributed by atoms with Gasteiger partial charge in [0.05, 0.1) is 0 Å². The topological polar surface area (TPSA) is 20.3 Å². The van der Waals surface area contributed by atoms with Crippen molar-refractivity contribution < 1.29 is 4.79 Å². The first-order valence-electron chi connectivity index (χ1n) is 7.42. The Bertz CT molecular complexity index is 439. The Morgan fingerprint density at radius 2 is 2.11 bits per heavy atom. The van der Waals surface area contributed by atoms with E-state index in [1.54, 1.807) is 0 Å². The third-order valence-electron chi connectivity index (χ3n) is 4.26.